The molecule has 0 saturated heterocycles. The van der Waals surface area contributed by atoms with Gasteiger partial charge in [-0.3, -0.25) is 0 Å². The molecule has 0 saturated carbocycles. The van der Waals surface area contributed by atoms with Crippen molar-refractivity contribution >= 4 is 0 Å². The average Bonchev–Trinajstić information content (AvgIpc) is 2.83. The fourth-order valence-corrected chi connectivity index (χ4v) is 3.30. The van der Waals surface area contributed by atoms with Crippen molar-refractivity contribution in [3.05, 3.63) is 23.3 Å². The van der Waals surface area contributed by atoms with Crippen LogP contribution in [-0.4, -0.2) is 0 Å². The predicted octanol–water partition coefficient (Wildman–Crippen LogP) is 7.21. The molecule has 1 atom stereocenters. The molecular formula is C20H36. The minimum atomic E-state index is 0.787. The average molecular weight is 277 g/mol. The van der Waals surface area contributed by atoms with Gasteiger partial charge in [0.25, 0.3) is 0 Å². The first-order chi connectivity index (χ1) is 9.83. The molecule has 0 radical (unpaired) electrons. The van der Waals surface area contributed by atoms with Crippen LogP contribution in [0, 0.1) is 5.92 Å². The third-order valence-electron chi connectivity index (χ3n) is 4.61. The molecule has 1 rings (SSSR count). The van der Waals surface area contributed by atoms with E-state index in [1.807, 2.05) is 5.57 Å². The first-order valence-electron chi connectivity index (χ1n) is 9.23. The maximum absolute atomic E-state index is 2.51. The van der Waals surface area contributed by atoms with Crippen molar-refractivity contribution in [1.29, 1.82) is 0 Å². The molecule has 116 valence electrons. The molecule has 0 N–H and O–H groups in total. The SMILES string of the molecule is CCCCCC1=C(CCCCC)C(CCCCC)C=C1. The van der Waals surface area contributed by atoms with E-state index in [1.165, 1.54) is 77.0 Å². The summed E-state index contributed by atoms with van der Waals surface area (Å²) in [5.41, 5.74) is 3.52. The summed E-state index contributed by atoms with van der Waals surface area (Å²) in [5, 5.41) is 0. The number of hydrogen-bond acceptors (Lipinski definition) is 0. The Kier molecular flexibility index (Phi) is 9.79. The first-order valence-corrected chi connectivity index (χ1v) is 9.23. The van der Waals surface area contributed by atoms with Crippen LogP contribution < -0.4 is 0 Å². The summed E-state index contributed by atoms with van der Waals surface area (Å²) in [4.78, 5) is 0. The summed E-state index contributed by atoms with van der Waals surface area (Å²) in [6.45, 7) is 6.91. The van der Waals surface area contributed by atoms with E-state index in [-0.39, 0.29) is 0 Å². The standard InChI is InChI=1S/C20H36/c1-4-7-10-13-18-16-17-19(14-11-8-5-2)20(18)15-12-9-6-3/h16-18H,4-15H2,1-3H3. The molecule has 0 heteroatoms. The molecule has 0 aromatic carbocycles. The summed E-state index contributed by atoms with van der Waals surface area (Å²) in [6.07, 6.45) is 21.5. The van der Waals surface area contributed by atoms with Gasteiger partial charge in [-0.2, -0.15) is 0 Å². The molecule has 0 bridgehead atoms. The quantitative estimate of drug-likeness (QED) is 0.330. The van der Waals surface area contributed by atoms with Crippen molar-refractivity contribution < 1.29 is 0 Å². The molecule has 0 aliphatic heterocycles. The van der Waals surface area contributed by atoms with Crippen LogP contribution in [0.1, 0.15) is 97.8 Å². The topological polar surface area (TPSA) is 0 Å². The minimum absolute atomic E-state index is 0.787. The van der Waals surface area contributed by atoms with Crippen molar-refractivity contribution in [3.8, 4) is 0 Å². The second-order valence-corrected chi connectivity index (χ2v) is 6.43. The third-order valence-corrected chi connectivity index (χ3v) is 4.61. The van der Waals surface area contributed by atoms with Gasteiger partial charge in [-0.05, 0) is 43.6 Å². The molecule has 1 aliphatic rings. The van der Waals surface area contributed by atoms with Gasteiger partial charge in [0, 0.05) is 0 Å². The molecular weight excluding hydrogens is 240 g/mol. The Balaban J connectivity index is 2.52. The van der Waals surface area contributed by atoms with Crippen LogP contribution in [0.5, 0.6) is 0 Å². The lowest BCUT2D eigenvalue weighted by Gasteiger charge is -2.16. The zero-order valence-corrected chi connectivity index (χ0v) is 14.2. The number of allylic oxidation sites excluding steroid dienone is 4. The monoisotopic (exact) mass is 276 g/mol. The second kappa shape index (κ2) is 11.2. The van der Waals surface area contributed by atoms with Crippen molar-refractivity contribution in [2.24, 2.45) is 5.92 Å². The fourth-order valence-electron chi connectivity index (χ4n) is 3.30. The Morgan fingerprint density at radius 1 is 0.750 bits per heavy atom. The number of rotatable bonds is 12. The highest BCUT2D eigenvalue weighted by atomic mass is 14.2. The Morgan fingerprint density at radius 2 is 1.35 bits per heavy atom. The zero-order valence-electron chi connectivity index (χ0n) is 14.2. The van der Waals surface area contributed by atoms with Gasteiger partial charge in [0.1, 0.15) is 0 Å². The molecule has 0 heterocycles. The van der Waals surface area contributed by atoms with Crippen LogP contribution in [0.3, 0.4) is 0 Å². The number of hydrogen-bond donors (Lipinski definition) is 0. The van der Waals surface area contributed by atoms with Gasteiger partial charge >= 0.3 is 0 Å². The molecule has 0 amide bonds. The zero-order chi connectivity index (χ0) is 14.6. The van der Waals surface area contributed by atoms with Crippen LogP contribution in [0.4, 0.5) is 0 Å². The molecule has 0 aromatic rings. The third kappa shape index (κ3) is 6.29. The lowest BCUT2D eigenvalue weighted by atomic mass is 9.89. The van der Waals surface area contributed by atoms with E-state index in [9.17, 15) is 0 Å². The van der Waals surface area contributed by atoms with E-state index in [1.54, 1.807) is 5.57 Å². The first kappa shape index (κ1) is 17.5. The molecule has 0 nitrogen and oxygen atoms in total. The maximum Gasteiger partial charge on any atom is -0.00142 e. The van der Waals surface area contributed by atoms with E-state index in [0.717, 1.165) is 5.92 Å². The highest BCUT2D eigenvalue weighted by Gasteiger charge is 2.19. The summed E-state index contributed by atoms with van der Waals surface area (Å²) >= 11 is 0. The lowest BCUT2D eigenvalue weighted by molar-refractivity contribution is 0.567. The molecule has 0 aromatic heterocycles. The molecule has 0 fully saturated rings. The molecule has 1 aliphatic carbocycles. The van der Waals surface area contributed by atoms with Gasteiger partial charge in [-0.15, -0.1) is 0 Å². The summed E-state index contributed by atoms with van der Waals surface area (Å²) in [5.74, 6) is 0.787. The van der Waals surface area contributed by atoms with E-state index in [4.69, 9.17) is 0 Å². The van der Waals surface area contributed by atoms with E-state index < -0.39 is 0 Å². The second-order valence-electron chi connectivity index (χ2n) is 6.43. The van der Waals surface area contributed by atoms with Crippen molar-refractivity contribution in [1.82, 2.24) is 0 Å². The lowest BCUT2D eigenvalue weighted by Crippen LogP contribution is -2.01. The summed E-state index contributed by atoms with van der Waals surface area (Å²) < 4.78 is 0. The molecule has 20 heavy (non-hydrogen) atoms. The van der Waals surface area contributed by atoms with Gasteiger partial charge in [0.05, 0.1) is 0 Å². The van der Waals surface area contributed by atoms with Gasteiger partial charge in [0.2, 0.25) is 0 Å². The van der Waals surface area contributed by atoms with Crippen LogP contribution in [0.2, 0.25) is 0 Å². The van der Waals surface area contributed by atoms with Crippen LogP contribution in [0.25, 0.3) is 0 Å². The van der Waals surface area contributed by atoms with Crippen molar-refractivity contribution in [3.63, 3.8) is 0 Å². The highest BCUT2D eigenvalue weighted by molar-refractivity contribution is 5.36. The fraction of sp³-hybridized carbons (Fsp3) is 0.800. The normalized spacial score (nSPS) is 18.2. The van der Waals surface area contributed by atoms with Crippen LogP contribution in [-0.2, 0) is 0 Å². The van der Waals surface area contributed by atoms with E-state index >= 15 is 0 Å². The molecule has 1 unspecified atom stereocenters. The largest absolute Gasteiger partial charge is 0.0771 e. The van der Waals surface area contributed by atoms with E-state index in [0.29, 0.717) is 0 Å². The van der Waals surface area contributed by atoms with Crippen molar-refractivity contribution in [2.75, 3.05) is 0 Å². The highest BCUT2D eigenvalue weighted by Crippen LogP contribution is 2.35. The van der Waals surface area contributed by atoms with Crippen LogP contribution in [0.15, 0.2) is 23.3 Å². The Morgan fingerprint density at radius 3 is 2.00 bits per heavy atom. The van der Waals surface area contributed by atoms with Gasteiger partial charge in [-0.1, -0.05) is 83.4 Å². The molecule has 0 spiro atoms. The maximum atomic E-state index is 2.51. The Bertz CT molecular complexity index is 295. The summed E-state index contributed by atoms with van der Waals surface area (Å²) in [7, 11) is 0. The smallest absolute Gasteiger partial charge is 0.00142 e. The number of unbranched alkanes of at least 4 members (excludes halogenated alkanes) is 6. The van der Waals surface area contributed by atoms with Crippen molar-refractivity contribution in [2.45, 2.75) is 97.8 Å². The summed E-state index contributed by atoms with van der Waals surface area (Å²) in [6, 6.07) is 0. The van der Waals surface area contributed by atoms with Crippen LogP contribution >= 0.6 is 0 Å². The van der Waals surface area contributed by atoms with Gasteiger partial charge < -0.3 is 0 Å². The van der Waals surface area contributed by atoms with Gasteiger partial charge in [-0.25, -0.2) is 0 Å². The predicted molar refractivity (Wildman–Crippen MR) is 92.1 cm³/mol. The van der Waals surface area contributed by atoms with Gasteiger partial charge in [0.15, 0.2) is 0 Å². The van der Waals surface area contributed by atoms with E-state index in [2.05, 4.69) is 32.9 Å². The Labute approximate surface area is 127 Å². The minimum Gasteiger partial charge on any atom is -0.0771 e. The Hall–Kier alpha value is -0.520.